The molecule has 0 amide bonds. The molecular weight excluding hydrogens is 318 g/mol. The number of methoxy groups -OCH3 is 2. The van der Waals surface area contributed by atoms with Crippen LogP contribution in [-0.4, -0.2) is 51.2 Å². The number of rotatable bonds is 4. The Morgan fingerprint density at radius 2 is 2.12 bits per heavy atom. The van der Waals surface area contributed by atoms with E-state index < -0.39 is 5.97 Å². The van der Waals surface area contributed by atoms with E-state index in [0.717, 1.165) is 24.6 Å². The summed E-state index contributed by atoms with van der Waals surface area (Å²) in [5, 5.41) is 3.43. The zero-order valence-corrected chi connectivity index (χ0v) is 15.3. The van der Waals surface area contributed by atoms with Crippen molar-refractivity contribution in [2.24, 2.45) is 10.4 Å². The maximum Gasteiger partial charge on any atom is 0.341 e. The van der Waals surface area contributed by atoms with E-state index in [0.29, 0.717) is 23.3 Å². The third kappa shape index (κ3) is 3.57. The predicted octanol–water partition coefficient (Wildman–Crippen LogP) is 2.43. The van der Waals surface area contributed by atoms with Gasteiger partial charge in [-0.3, -0.25) is 4.99 Å². The Morgan fingerprint density at radius 1 is 1.32 bits per heavy atom. The summed E-state index contributed by atoms with van der Waals surface area (Å²) in [5.74, 6) is 1.07. The van der Waals surface area contributed by atoms with Crippen molar-refractivity contribution in [1.82, 2.24) is 10.2 Å². The third-order valence-corrected chi connectivity index (χ3v) is 5.49. The SMILES string of the molecule is CN=C(NCc1ccc(C(=O)OC)c(OC)c1)N1CCC2(CCC2)C1. The molecule has 1 heterocycles. The van der Waals surface area contributed by atoms with E-state index in [2.05, 4.69) is 15.2 Å². The highest BCUT2D eigenvalue weighted by molar-refractivity contribution is 5.92. The van der Waals surface area contributed by atoms with Crippen molar-refractivity contribution in [3.05, 3.63) is 29.3 Å². The van der Waals surface area contributed by atoms with E-state index in [-0.39, 0.29) is 0 Å². The van der Waals surface area contributed by atoms with E-state index in [1.54, 1.807) is 13.2 Å². The van der Waals surface area contributed by atoms with Gasteiger partial charge in [-0.1, -0.05) is 12.5 Å². The van der Waals surface area contributed by atoms with E-state index in [1.165, 1.54) is 32.8 Å². The van der Waals surface area contributed by atoms with Crippen molar-refractivity contribution in [3.63, 3.8) is 0 Å². The minimum absolute atomic E-state index is 0.393. The predicted molar refractivity (Wildman–Crippen MR) is 97.0 cm³/mol. The molecule has 1 aromatic carbocycles. The van der Waals surface area contributed by atoms with Crippen LogP contribution in [0.3, 0.4) is 0 Å². The lowest BCUT2D eigenvalue weighted by Gasteiger charge is -2.38. The fraction of sp³-hybridized carbons (Fsp3) is 0.579. The number of carbonyl (C=O) groups is 1. The molecule has 1 saturated carbocycles. The van der Waals surface area contributed by atoms with Crippen LogP contribution in [0.15, 0.2) is 23.2 Å². The van der Waals surface area contributed by atoms with Gasteiger partial charge >= 0.3 is 5.97 Å². The van der Waals surface area contributed by atoms with Crippen molar-refractivity contribution in [1.29, 1.82) is 0 Å². The van der Waals surface area contributed by atoms with Crippen molar-refractivity contribution in [2.75, 3.05) is 34.4 Å². The summed E-state index contributed by atoms with van der Waals surface area (Å²) in [7, 11) is 4.75. The number of hydrogen-bond donors (Lipinski definition) is 1. The van der Waals surface area contributed by atoms with Crippen molar-refractivity contribution >= 4 is 11.9 Å². The number of esters is 1. The normalized spacial score (nSPS) is 18.8. The van der Waals surface area contributed by atoms with E-state index >= 15 is 0 Å². The fourth-order valence-corrected chi connectivity index (χ4v) is 3.84. The summed E-state index contributed by atoms with van der Waals surface area (Å²) in [6.45, 7) is 2.82. The van der Waals surface area contributed by atoms with E-state index in [9.17, 15) is 4.79 Å². The number of carbonyl (C=O) groups excluding carboxylic acids is 1. The van der Waals surface area contributed by atoms with Gasteiger partial charge in [-0.2, -0.15) is 0 Å². The lowest BCUT2D eigenvalue weighted by atomic mass is 9.68. The monoisotopic (exact) mass is 345 g/mol. The highest BCUT2D eigenvalue weighted by atomic mass is 16.5. The molecule has 1 N–H and O–H groups in total. The standard InChI is InChI=1S/C19H27N3O3/c1-20-18(22-10-9-19(13-22)7-4-8-19)21-12-14-5-6-15(17(23)25-3)16(11-14)24-2/h5-6,11H,4,7-10,12-13H2,1-3H3,(H,20,21). The van der Waals surface area contributed by atoms with Crippen LogP contribution < -0.4 is 10.1 Å². The summed E-state index contributed by atoms with van der Waals surface area (Å²) < 4.78 is 10.1. The largest absolute Gasteiger partial charge is 0.496 e. The average molecular weight is 345 g/mol. The zero-order chi connectivity index (χ0) is 17.9. The molecule has 1 aliphatic carbocycles. The minimum atomic E-state index is -0.393. The van der Waals surface area contributed by atoms with E-state index in [1.807, 2.05) is 19.2 Å². The molecule has 0 radical (unpaired) electrons. The second-order valence-electron chi connectivity index (χ2n) is 6.95. The molecule has 25 heavy (non-hydrogen) atoms. The number of aliphatic imine (C=N–C) groups is 1. The Hall–Kier alpha value is -2.24. The fourth-order valence-electron chi connectivity index (χ4n) is 3.84. The molecule has 1 aliphatic heterocycles. The van der Waals surface area contributed by atoms with Crippen LogP contribution in [0.4, 0.5) is 0 Å². The number of hydrogen-bond acceptors (Lipinski definition) is 4. The molecule has 0 aromatic heterocycles. The molecule has 0 atom stereocenters. The molecule has 1 aromatic rings. The number of nitrogens with one attached hydrogen (secondary N) is 1. The topological polar surface area (TPSA) is 63.2 Å². The Labute approximate surface area is 149 Å². The number of likely N-dealkylation sites (tertiary alicyclic amines) is 1. The number of benzene rings is 1. The minimum Gasteiger partial charge on any atom is -0.496 e. The Balaban J connectivity index is 1.63. The molecule has 0 bridgehead atoms. The maximum atomic E-state index is 11.7. The Bertz CT molecular complexity index is 668. The van der Waals surface area contributed by atoms with Gasteiger partial charge in [-0.25, -0.2) is 4.79 Å². The first-order valence-electron chi connectivity index (χ1n) is 8.82. The first-order valence-corrected chi connectivity index (χ1v) is 8.82. The third-order valence-electron chi connectivity index (χ3n) is 5.49. The van der Waals surface area contributed by atoms with Crippen LogP contribution in [0.2, 0.25) is 0 Å². The smallest absolute Gasteiger partial charge is 0.341 e. The molecule has 6 heteroatoms. The molecule has 1 saturated heterocycles. The summed E-state index contributed by atoms with van der Waals surface area (Å²) in [5.41, 5.74) is 2.01. The number of guanidine groups is 1. The van der Waals surface area contributed by atoms with Gasteiger partial charge in [0.05, 0.1) is 14.2 Å². The quantitative estimate of drug-likeness (QED) is 0.516. The molecular formula is C19H27N3O3. The van der Waals surface area contributed by atoms with Crippen LogP contribution in [0.25, 0.3) is 0 Å². The Kier molecular flexibility index (Phi) is 5.16. The molecule has 6 nitrogen and oxygen atoms in total. The van der Waals surface area contributed by atoms with Gasteiger partial charge in [0.2, 0.25) is 0 Å². The van der Waals surface area contributed by atoms with Crippen LogP contribution in [0.1, 0.15) is 41.6 Å². The Morgan fingerprint density at radius 3 is 2.68 bits per heavy atom. The maximum absolute atomic E-state index is 11.7. The van der Waals surface area contributed by atoms with Gasteiger partial charge in [0, 0.05) is 26.7 Å². The second kappa shape index (κ2) is 7.33. The van der Waals surface area contributed by atoms with Crippen LogP contribution in [-0.2, 0) is 11.3 Å². The number of nitrogens with zero attached hydrogens (tertiary/aromatic N) is 2. The van der Waals surface area contributed by atoms with Gasteiger partial charge < -0.3 is 19.7 Å². The van der Waals surface area contributed by atoms with Crippen LogP contribution >= 0.6 is 0 Å². The molecule has 1 spiro atoms. The van der Waals surface area contributed by atoms with Gasteiger partial charge in [0.15, 0.2) is 5.96 Å². The van der Waals surface area contributed by atoms with Crippen molar-refractivity contribution < 1.29 is 14.3 Å². The van der Waals surface area contributed by atoms with Crippen molar-refractivity contribution in [2.45, 2.75) is 32.2 Å². The highest BCUT2D eigenvalue weighted by Gasteiger charge is 2.43. The first-order chi connectivity index (χ1) is 12.1. The van der Waals surface area contributed by atoms with Gasteiger partial charge in [0.1, 0.15) is 11.3 Å². The molecule has 0 unspecified atom stereocenters. The lowest BCUT2D eigenvalue weighted by Crippen LogP contribution is -2.42. The van der Waals surface area contributed by atoms with E-state index in [4.69, 9.17) is 9.47 Å². The molecule has 136 valence electrons. The van der Waals surface area contributed by atoms with Gasteiger partial charge in [0.25, 0.3) is 0 Å². The first kappa shape index (κ1) is 17.6. The highest BCUT2D eigenvalue weighted by Crippen LogP contribution is 2.47. The molecule has 3 rings (SSSR count). The van der Waals surface area contributed by atoms with Crippen LogP contribution in [0.5, 0.6) is 5.75 Å². The number of ether oxygens (including phenoxy) is 2. The lowest BCUT2D eigenvalue weighted by molar-refractivity contribution is 0.0597. The summed E-state index contributed by atoms with van der Waals surface area (Å²) in [4.78, 5) is 18.5. The van der Waals surface area contributed by atoms with Gasteiger partial charge in [-0.05, 0) is 42.4 Å². The second-order valence-corrected chi connectivity index (χ2v) is 6.95. The van der Waals surface area contributed by atoms with Gasteiger partial charge in [-0.15, -0.1) is 0 Å². The molecule has 2 fully saturated rings. The van der Waals surface area contributed by atoms with Crippen LogP contribution in [0, 0.1) is 5.41 Å². The van der Waals surface area contributed by atoms with Crippen molar-refractivity contribution in [3.8, 4) is 5.75 Å². The average Bonchev–Trinajstić information content (AvgIpc) is 3.07. The zero-order valence-electron chi connectivity index (χ0n) is 15.3. The summed E-state index contributed by atoms with van der Waals surface area (Å²) >= 11 is 0. The summed E-state index contributed by atoms with van der Waals surface area (Å²) in [6, 6.07) is 5.51. The molecule has 2 aliphatic rings. The summed E-state index contributed by atoms with van der Waals surface area (Å²) in [6.07, 6.45) is 5.35.